The molecule has 34 heavy (non-hydrogen) atoms. The maximum atomic E-state index is 13.1. The van der Waals surface area contributed by atoms with Gasteiger partial charge < -0.3 is 10.1 Å². The SMILES string of the molecule is CCOc1ccc(-c2cn3c(n2)sc2cc(C(=O)N[C@@H]4CCCc5ccccc54)ccc23)cc1. The van der Waals surface area contributed by atoms with Gasteiger partial charge in [-0.2, -0.15) is 0 Å². The highest BCUT2D eigenvalue weighted by atomic mass is 32.1. The molecule has 1 aliphatic carbocycles. The lowest BCUT2D eigenvalue weighted by Gasteiger charge is -2.26. The van der Waals surface area contributed by atoms with Crippen LogP contribution in [0.1, 0.15) is 47.3 Å². The van der Waals surface area contributed by atoms with Crippen LogP contribution in [-0.2, 0) is 6.42 Å². The summed E-state index contributed by atoms with van der Waals surface area (Å²) in [6.07, 6.45) is 5.22. The molecule has 170 valence electrons. The molecule has 1 atom stereocenters. The maximum absolute atomic E-state index is 13.1. The van der Waals surface area contributed by atoms with Crippen LogP contribution in [0.4, 0.5) is 0 Å². The van der Waals surface area contributed by atoms with Crippen molar-refractivity contribution in [3.8, 4) is 17.0 Å². The highest BCUT2D eigenvalue weighted by Crippen LogP contribution is 2.32. The topological polar surface area (TPSA) is 55.6 Å². The number of rotatable bonds is 5. The van der Waals surface area contributed by atoms with Gasteiger partial charge in [0.05, 0.1) is 28.6 Å². The van der Waals surface area contributed by atoms with Gasteiger partial charge in [-0.15, -0.1) is 0 Å². The number of hydrogen-bond acceptors (Lipinski definition) is 4. The number of ether oxygens (including phenoxy) is 1. The molecule has 0 radical (unpaired) electrons. The first-order valence-electron chi connectivity index (χ1n) is 11.7. The number of aryl methyl sites for hydroxylation is 1. The molecule has 1 amide bonds. The van der Waals surface area contributed by atoms with Crippen LogP contribution in [0.25, 0.3) is 26.4 Å². The van der Waals surface area contributed by atoms with Crippen molar-refractivity contribution in [2.24, 2.45) is 0 Å². The van der Waals surface area contributed by atoms with Crippen LogP contribution >= 0.6 is 11.3 Å². The average molecular weight is 468 g/mol. The van der Waals surface area contributed by atoms with E-state index in [1.165, 1.54) is 11.1 Å². The zero-order chi connectivity index (χ0) is 23.1. The smallest absolute Gasteiger partial charge is 0.251 e. The summed E-state index contributed by atoms with van der Waals surface area (Å²) < 4.78 is 8.69. The van der Waals surface area contributed by atoms with E-state index in [4.69, 9.17) is 9.72 Å². The Balaban J connectivity index is 1.26. The number of nitrogens with one attached hydrogen (secondary N) is 1. The van der Waals surface area contributed by atoms with E-state index in [2.05, 4.69) is 40.2 Å². The minimum absolute atomic E-state index is 0.0234. The van der Waals surface area contributed by atoms with Crippen molar-refractivity contribution in [2.75, 3.05) is 6.61 Å². The highest BCUT2D eigenvalue weighted by Gasteiger charge is 2.22. The molecular formula is C28H25N3O2S. The van der Waals surface area contributed by atoms with Gasteiger partial charge in [0.2, 0.25) is 0 Å². The van der Waals surface area contributed by atoms with Crippen molar-refractivity contribution < 1.29 is 9.53 Å². The maximum Gasteiger partial charge on any atom is 0.251 e. The zero-order valence-electron chi connectivity index (χ0n) is 19.0. The van der Waals surface area contributed by atoms with Gasteiger partial charge in [0, 0.05) is 17.3 Å². The number of benzene rings is 3. The molecular weight excluding hydrogens is 442 g/mol. The minimum atomic E-state index is -0.0234. The lowest BCUT2D eigenvalue weighted by molar-refractivity contribution is 0.0933. The summed E-state index contributed by atoms with van der Waals surface area (Å²) in [4.78, 5) is 18.8. The van der Waals surface area contributed by atoms with E-state index < -0.39 is 0 Å². The number of carbonyl (C=O) groups is 1. The van der Waals surface area contributed by atoms with E-state index in [1.54, 1.807) is 11.3 Å². The summed E-state index contributed by atoms with van der Waals surface area (Å²) in [5.74, 6) is 0.838. The fourth-order valence-electron chi connectivity index (χ4n) is 4.82. The Morgan fingerprint density at radius 1 is 1.15 bits per heavy atom. The Hall–Kier alpha value is -3.64. The summed E-state index contributed by atoms with van der Waals surface area (Å²) in [6, 6.07) is 22.4. The first-order chi connectivity index (χ1) is 16.7. The molecule has 0 saturated carbocycles. The molecule has 5 aromatic rings. The van der Waals surface area contributed by atoms with Crippen LogP contribution in [0.3, 0.4) is 0 Å². The van der Waals surface area contributed by atoms with Gasteiger partial charge in [-0.3, -0.25) is 9.20 Å². The van der Waals surface area contributed by atoms with E-state index in [0.29, 0.717) is 12.2 Å². The number of amides is 1. The van der Waals surface area contributed by atoms with Crippen LogP contribution in [0.5, 0.6) is 5.75 Å². The second-order valence-corrected chi connectivity index (χ2v) is 9.65. The molecule has 5 nitrogen and oxygen atoms in total. The Morgan fingerprint density at radius 2 is 2.00 bits per heavy atom. The second kappa shape index (κ2) is 8.61. The molecule has 0 spiro atoms. The molecule has 0 aliphatic heterocycles. The Bertz CT molecular complexity index is 1500. The standard InChI is InChI=1S/C28H25N3O2S/c1-2-33-21-13-10-19(11-14-21)24-17-31-25-15-12-20(16-26(25)34-28(31)30-24)27(32)29-23-9-5-7-18-6-3-4-8-22(18)23/h3-4,6,8,10-17,23H,2,5,7,9H2,1H3,(H,29,32)/t23-/m1/s1. The van der Waals surface area contributed by atoms with Crippen LogP contribution in [-0.4, -0.2) is 21.9 Å². The number of nitrogens with zero attached hydrogens (tertiary/aromatic N) is 2. The summed E-state index contributed by atoms with van der Waals surface area (Å²) in [5.41, 5.74) is 6.32. The summed E-state index contributed by atoms with van der Waals surface area (Å²) >= 11 is 1.60. The summed E-state index contributed by atoms with van der Waals surface area (Å²) in [5, 5.41) is 3.26. The molecule has 0 fully saturated rings. The van der Waals surface area contributed by atoms with Crippen LogP contribution in [0, 0.1) is 0 Å². The first-order valence-corrected chi connectivity index (χ1v) is 12.5. The first kappa shape index (κ1) is 20.9. The fourth-order valence-corrected chi connectivity index (χ4v) is 5.86. The normalized spacial score (nSPS) is 15.4. The van der Waals surface area contributed by atoms with E-state index in [9.17, 15) is 4.79 Å². The highest BCUT2D eigenvalue weighted by molar-refractivity contribution is 7.23. The second-order valence-electron chi connectivity index (χ2n) is 8.64. The fraction of sp³-hybridized carbons (Fsp3) is 0.214. The summed E-state index contributed by atoms with van der Waals surface area (Å²) in [7, 11) is 0. The third-order valence-corrected chi connectivity index (χ3v) is 7.51. The molecule has 0 saturated heterocycles. The molecule has 2 heterocycles. The van der Waals surface area contributed by atoms with Crippen LogP contribution in [0.2, 0.25) is 0 Å². The number of thiazole rings is 1. The number of imidazole rings is 1. The molecule has 6 rings (SSSR count). The molecule has 0 bridgehead atoms. The van der Waals surface area contributed by atoms with Gasteiger partial charge in [0.15, 0.2) is 4.96 Å². The molecule has 1 N–H and O–H groups in total. The van der Waals surface area contributed by atoms with Gasteiger partial charge in [-0.25, -0.2) is 4.98 Å². The van der Waals surface area contributed by atoms with Gasteiger partial charge >= 0.3 is 0 Å². The average Bonchev–Trinajstić information content (AvgIpc) is 3.43. The van der Waals surface area contributed by atoms with Crippen molar-refractivity contribution in [1.82, 2.24) is 14.7 Å². The van der Waals surface area contributed by atoms with Crippen molar-refractivity contribution in [1.29, 1.82) is 0 Å². The van der Waals surface area contributed by atoms with Crippen molar-refractivity contribution in [3.05, 3.63) is 89.6 Å². The van der Waals surface area contributed by atoms with E-state index in [1.807, 2.05) is 49.4 Å². The molecule has 3 aromatic carbocycles. The van der Waals surface area contributed by atoms with Gasteiger partial charge in [0.1, 0.15) is 5.75 Å². The van der Waals surface area contributed by atoms with Gasteiger partial charge in [0.25, 0.3) is 5.91 Å². The molecule has 0 unspecified atom stereocenters. The van der Waals surface area contributed by atoms with E-state index in [0.717, 1.165) is 51.4 Å². The Morgan fingerprint density at radius 3 is 2.85 bits per heavy atom. The Labute approximate surface area is 202 Å². The third-order valence-electron chi connectivity index (χ3n) is 6.49. The van der Waals surface area contributed by atoms with Crippen molar-refractivity contribution in [2.45, 2.75) is 32.2 Å². The van der Waals surface area contributed by atoms with Crippen LogP contribution in [0.15, 0.2) is 72.9 Å². The van der Waals surface area contributed by atoms with E-state index in [-0.39, 0.29) is 11.9 Å². The predicted octanol–water partition coefficient (Wildman–Crippen LogP) is 6.42. The van der Waals surface area contributed by atoms with Crippen molar-refractivity contribution in [3.63, 3.8) is 0 Å². The number of aromatic nitrogens is 2. The van der Waals surface area contributed by atoms with Crippen molar-refractivity contribution >= 4 is 32.4 Å². The monoisotopic (exact) mass is 467 g/mol. The number of carbonyl (C=O) groups excluding carboxylic acids is 1. The third kappa shape index (κ3) is 3.74. The molecule has 1 aliphatic rings. The molecule has 2 aromatic heterocycles. The predicted molar refractivity (Wildman–Crippen MR) is 137 cm³/mol. The number of hydrogen-bond donors (Lipinski definition) is 1. The lowest BCUT2D eigenvalue weighted by Crippen LogP contribution is -2.30. The molecule has 6 heteroatoms. The van der Waals surface area contributed by atoms with Gasteiger partial charge in [-0.05, 0) is 79.8 Å². The Kier molecular flexibility index (Phi) is 5.30. The van der Waals surface area contributed by atoms with Crippen LogP contribution < -0.4 is 10.1 Å². The largest absolute Gasteiger partial charge is 0.494 e. The van der Waals surface area contributed by atoms with E-state index >= 15 is 0 Å². The van der Waals surface area contributed by atoms with Gasteiger partial charge in [-0.1, -0.05) is 35.6 Å². The number of fused-ring (bicyclic) bond motifs is 4. The quantitative estimate of drug-likeness (QED) is 0.324. The summed E-state index contributed by atoms with van der Waals surface area (Å²) in [6.45, 7) is 2.63. The minimum Gasteiger partial charge on any atom is -0.494 e. The zero-order valence-corrected chi connectivity index (χ0v) is 19.8. The lowest BCUT2D eigenvalue weighted by atomic mass is 9.87.